The molecule has 0 radical (unpaired) electrons. The van der Waals surface area contributed by atoms with E-state index in [0.29, 0.717) is 11.7 Å². The van der Waals surface area contributed by atoms with Gasteiger partial charge in [0.05, 0.1) is 0 Å². The molecule has 0 fully saturated rings. The van der Waals surface area contributed by atoms with Crippen molar-refractivity contribution in [3.63, 3.8) is 0 Å². The smallest absolute Gasteiger partial charge is 0.161 e. The average Bonchev–Trinajstić information content (AvgIpc) is 3.12. The average molecular weight is 584 g/mol. The lowest BCUT2D eigenvalue weighted by atomic mass is 10.1. The van der Waals surface area contributed by atoms with Crippen molar-refractivity contribution < 1.29 is 0 Å². The van der Waals surface area contributed by atoms with E-state index in [9.17, 15) is 0 Å². The van der Waals surface area contributed by atoms with E-state index in [0.717, 1.165) is 45.3 Å². The fraction of sp³-hybridized carbons (Fsp3) is 0.0250. The highest BCUT2D eigenvalue weighted by Gasteiger charge is 2.15. The lowest BCUT2D eigenvalue weighted by molar-refractivity contribution is 1.28. The van der Waals surface area contributed by atoms with Crippen molar-refractivity contribution in [3.8, 4) is 0 Å². The van der Waals surface area contributed by atoms with Crippen molar-refractivity contribution in [2.75, 3.05) is 16.8 Å². The predicted octanol–water partition coefficient (Wildman–Crippen LogP) is 10.1. The van der Waals surface area contributed by atoms with Crippen LogP contribution >= 0.6 is 0 Å². The Kier molecular flexibility index (Phi) is 8.99. The van der Waals surface area contributed by atoms with E-state index in [2.05, 4.69) is 99.3 Å². The summed E-state index contributed by atoms with van der Waals surface area (Å²) in [6.07, 6.45) is 0. The topological polar surface area (TPSA) is 43.6 Å². The molecule has 0 aromatic heterocycles. The minimum atomic E-state index is 0.507. The van der Waals surface area contributed by atoms with Gasteiger partial charge in [-0.25, -0.2) is 9.98 Å². The van der Waals surface area contributed by atoms with Crippen LogP contribution in [-0.2, 0) is 0 Å². The van der Waals surface area contributed by atoms with E-state index in [1.807, 2.05) is 97.1 Å². The van der Waals surface area contributed by atoms with Crippen molar-refractivity contribution in [2.45, 2.75) is 0 Å². The van der Waals surface area contributed by atoms with Gasteiger partial charge in [-0.3, -0.25) is 4.99 Å². The third-order valence-corrected chi connectivity index (χ3v) is 7.40. The molecule has 0 aliphatic heterocycles. The first-order valence-corrected chi connectivity index (χ1v) is 14.8. The third-order valence-electron chi connectivity index (χ3n) is 7.40. The van der Waals surface area contributed by atoms with E-state index >= 15 is 0 Å². The summed E-state index contributed by atoms with van der Waals surface area (Å²) in [5.41, 5.74) is 8.13. The molecule has 5 heteroatoms. The van der Waals surface area contributed by atoms with Gasteiger partial charge in [0.2, 0.25) is 0 Å². The van der Waals surface area contributed by atoms with Gasteiger partial charge in [-0.2, -0.15) is 0 Å². The standard InChI is InChI=1S/C40H33N5/c1-41-39(31-23-27-37(28-24-31)44(33-15-7-3-8-16-33)34-17-9-4-10-18-34)43-40(42-2)32-25-29-38(30-26-32)45(35-19-11-5-12-20-35)36-21-13-6-14-22-36/h3-30H,1H2,2H3. The van der Waals surface area contributed by atoms with Crippen LogP contribution in [0.4, 0.5) is 34.1 Å². The Bertz CT molecular complexity index is 1800. The first kappa shape index (κ1) is 29.0. The molecule has 0 N–H and O–H groups in total. The van der Waals surface area contributed by atoms with Gasteiger partial charge >= 0.3 is 0 Å². The van der Waals surface area contributed by atoms with Crippen LogP contribution in [0.3, 0.4) is 0 Å². The molecule has 0 saturated carbocycles. The summed E-state index contributed by atoms with van der Waals surface area (Å²) in [6.45, 7) is 3.82. The summed E-state index contributed by atoms with van der Waals surface area (Å²) in [5, 5.41) is 0. The summed E-state index contributed by atoms with van der Waals surface area (Å²) in [4.78, 5) is 18.1. The van der Waals surface area contributed by atoms with Crippen molar-refractivity contribution >= 4 is 52.5 Å². The van der Waals surface area contributed by atoms with Gasteiger partial charge < -0.3 is 9.80 Å². The lowest BCUT2D eigenvalue weighted by Gasteiger charge is -2.25. The van der Waals surface area contributed by atoms with Gasteiger partial charge in [0.15, 0.2) is 11.7 Å². The molecule has 218 valence electrons. The number of amidine groups is 2. The number of nitrogens with zero attached hydrogens (tertiary/aromatic N) is 5. The maximum absolute atomic E-state index is 4.85. The van der Waals surface area contributed by atoms with Crippen LogP contribution in [-0.4, -0.2) is 25.4 Å². The molecule has 0 aliphatic carbocycles. The van der Waals surface area contributed by atoms with Crippen molar-refractivity contribution in [2.24, 2.45) is 15.0 Å². The second-order valence-electron chi connectivity index (χ2n) is 10.2. The van der Waals surface area contributed by atoms with Crippen LogP contribution in [0.25, 0.3) is 0 Å². The number of aliphatic imine (C=N–C) groups is 3. The van der Waals surface area contributed by atoms with Crippen LogP contribution in [0.2, 0.25) is 0 Å². The van der Waals surface area contributed by atoms with Crippen molar-refractivity contribution in [1.29, 1.82) is 0 Å². The number of benzene rings is 6. The summed E-state index contributed by atoms with van der Waals surface area (Å²) in [7, 11) is 1.74. The molecule has 0 saturated heterocycles. The highest BCUT2D eigenvalue weighted by atomic mass is 15.1. The molecule has 5 nitrogen and oxygen atoms in total. The van der Waals surface area contributed by atoms with E-state index in [4.69, 9.17) is 4.99 Å². The molecule has 6 aromatic rings. The minimum Gasteiger partial charge on any atom is -0.311 e. The predicted molar refractivity (Wildman–Crippen MR) is 191 cm³/mol. The van der Waals surface area contributed by atoms with Gasteiger partial charge in [-0.1, -0.05) is 72.8 Å². The fourth-order valence-corrected chi connectivity index (χ4v) is 5.26. The molecule has 0 atom stereocenters. The Morgan fingerprint density at radius 2 is 0.689 bits per heavy atom. The Balaban J connectivity index is 1.28. The molecule has 6 aromatic carbocycles. The second kappa shape index (κ2) is 13.9. The third kappa shape index (κ3) is 6.63. The Morgan fingerprint density at radius 3 is 0.978 bits per heavy atom. The number of anilines is 6. The molecule has 0 spiro atoms. The molecule has 0 unspecified atom stereocenters. The zero-order valence-corrected chi connectivity index (χ0v) is 25.1. The highest BCUT2D eigenvalue weighted by Crippen LogP contribution is 2.35. The zero-order valence-electron chi connectivity index (χ0n) is 25.1. The van der Waals surface area contributed by atoms with Crippen molar-refractivity contribution in [1.82, 2.24) is 0 Å². The minimum absolute atomic E-state index is 0.507. The molecule has 0 aliphatic rings. The number of hydrogen-bond acceptors (Lipinski definition) is 3. The van der Waals surface area contributed by atoms with Crippen LogP contribution in [0, 0.1) is 0 Å². The van der Waals surface area contributed by atoms with Crippen molar-refractivity contribution in [3.05, 3.63) is 181 Å². The summed E-state index contributed by atoms with van der Waals surface area (Å²) < 4.78 is 0. The SMILES string of the molecule is C=NC(=NC(=NC)c1ccc(N(c2ccccc2)c2ccccc2)cc1)c1ccc(N(c2ccccc2)c2ccccc2)cc1. The Labute approximate surface area is 264 Å². The van der Waals surface area contributed by atoms with Gasteiger partial charge in [0.25, 0.3) is 0 Å². The molecule has 0 heterocycles. The molecular weight excluding hydrogens is 550 g/mol. The van der Waals surface area contributed by atoms with Gasteiger partial charge in [-0.05, 0) is 104 Å². The Hall–Kier alpha value is -6.07. The van der Waals surface area contributed by atoms with E-state index in [-0.39, 0.29) is 0 Å². The quantitative estimate of drug-likeness (QED) is 0.132. The Morgan fingerprint density at radius 1 is 0.400 bits per heavy atom. The first-order valence-electron chi connectivity index (χ1n) is 14.8. The molecule has 45 heavy (non-hydrogen) atoms. The maximum atomic E-state index is 4.85. The fourth-order valence-electron chi connectivity index (χ4n) is 5.26. The highest BCUT2D eigenvalue weighted by molar-refractivity contribution is 6.12. The molecule has 0 bridgehead atoms. The van der Waals surface area contributed by atoms with Crippen LogP contribution in [0.15, 0.2) is 185 Å². The summed E-state index contributed by atoms with van der Waals surface area (Å²) in [5.74, 6) is 1.08. The first-order chi connectivity index (χ1) is 22.2. The maximum Gasteiger partial charge on any atom is 0.161 e. The monoisotopic (exact) mass is 583 g/mol. The number of para-hydroxylation sites is 4. The second-order valence-corrected chi connectivity index (χ2v) is 10.2. The number of hydrogen-bond donors (Lipinski definition) is 0. The number of rotatable bonds is 8. The van der Waals surface area contributed by atoms with E-state index in [1.165, 1.54) is 0 Å². The van der Waals surface area contributed by atoms with Crippen LogP contribution < -0.4 is 9.80 Å². The van der Waals surface area contributed by atoms with E-state index < -0.39 is 0 Å². The summed E-state index contributed by atoms with van der Waals surface area (Å²) >= 11 is 0. The van der Waals surface area contributed by atoms with Gasteiger partial charge in [-0.15, -0.1) is 0 Å². The van der Waals surface area contributed by atoms with Gasteiger partial charge in [0, 0.05) is 52.3 Å². The normalized spacial score (nSPS) is 11.6. The largest absolute Gasteiger partial charge is 0.311 e. The molecule has 6 rings (SSSR count). The molecular formula is C40H33N5. The molecule has 0 amide bonds. The lowest BCUT2D eigenvalue weighted by Crippen LogP contribution is -2.11. The summed E-state index contributed by atoms with van der Waals surface area (Å²) in [6, 6.07) is 57.8. The van der Waals surface area contributed by atoms with Crippen LogP contribution in [0.1, 0.15) is 11.1 Å². The van der Waals surface area contributed by atoms with Gasteiger partial charge in [0.1, 0.15) is 0 Å². The van der Waals surface area contributed by atoms with E-state index in [1.54, 1.807) is 7.05 Å². The zero-order chi connectivity index (χ0) is 30.8. The van der Waals surface area contributed by atoms with Crippen LogP contribution in [0.5, 0.6) is 0 Å².